The molecule has 0 spiro atoms. The molecule has 0 aromatic rings. The highest BCUT2D eigenvalue weighted by molar-refractivity contribution is 5.96. The number of hydrogen-bond donors (Lipinski definition) is 1. The molecule has 0 rings (SSSR count). The zero-order valence-corrected chi connectivity index (χ0v) is 13.6. The van der Waals surface area contributed by atoms with Gasteiger partial charge in [-0.3, -0.25) is 4.99 Å². The van der Waals surface area contributed by atoms with Gasteiger partial charge in [-0.1, -0.05) is 71.8 Å². The fourth-order valence-corrected chi connectivity index (χ4v) is 2.53. The van der Waals surface area contributed by atoms with E-state index in [1.54, 1.807) is 6.20 Å². The first-order valence-corrected chi connectivity index (χ1v) is 8.36. The van der Waals surface area contributed by atoms with Crippen LogP contribution in [0.15, 0.2) is 30.0 Å². The number of nitrogens with two attached hydrogens (primary N) is 1. The van der Waals surface area contributed by atoms with Crippen molar-refractivity contribution in [3.8, 4) is 0 Å². The second-order valence-electron chi connectivity index (χ2n) is 5.50. The Hall–Kier alpha value is -1.05. The predicted octanol–water partition coefficient (Wildman–Crippen LogP) is 5.60. The highest BCUT2D eigenvalue weighted by Crippen LogP contribution is 2.20. The van der Waals surface area contributed by atoms with Crippen molar-refractivity contribution in [3.05, 3.63) is 25.1 Å². The van der Waals surface area contributed by atoms with Crippen LogP contribution in [-0.2, 0) is 0 Å². The molecule has 0 fully saturated rings. The Morgan fingerprint density at radius 1 is 1.00 bits per heavy atom. The lowest BCUT2D eigenvalue weighted by Gasteiger charge is -2.17. The van der Waals surface area contributed by atoms with Crippen molar-refractivity contribution in [1.82, 2.24) is 0 Å². The quantitative estimate of drug-likeness (QED) is 0.345. The molecular formula is C18H34N2. The number of unbranched alkanes of at least 4 members (excludes halogenated alkanes) is 6. The van der Waals surface area contributed by atoms with Gasteiger partial charge in [0.2, 0.25) is 0 Å². The van der Waals surface area contributed by atoms with Crippen molar-refractivity contribution in [1.29, 1.82) is 0 Å². The Bertz CT molecular complexity index is 267. The van der Waals surface area contributed by atoms with Gasteiger partial charge in [-0.2, -0.15) is 0 Å². The van der Waals surface area contributed by atoms with Crippen LogP contribution in [0.3, 0.4) is 0 Å². The minimum atomic E-state index is 0.553. The molecule has 0 radical (unpaired) electrons. The summed E-state index contributed by atoms with van der Waals surface area (Å²) < 4.78 is 0. The topological polar surface area (TPSA) is 38.4 Å². The average molecular weight is 278 g/mol. The first kappa shape index (κ1) is 18.9. The lowest BCUT2D eigenvalue weighted by molar-refractivity contribution is 0.494. The predicted molar refractivity (Wildman–Crippen MR) is 92.0 cm³/mol. The van der Waals surface area contributed by atoms with Gasteiger partial charge < -0.3 is 5.73 Å². The molecule has 0 aliphatic carbocycles. The molecule has 0 saturated heterocycles. The third kappa shape index (κ3) is 9.82. The lowest BCUT2D eigenvalue weighted by Crippen LogP contribution is -2.12. The Kier molecular flexibility index (Phi) is 13.6. The molecule has 0 bridgehead atoms. The Morgan fingerprint density at radius 3 is 1.95 bits per heavy atom. The summed E-state index contributed by atoms with van der Waals surface area (Å²) >= 11 is 0. The monoisotopic (exact) mass is 278 g/mol. The van der Waals surface area contributed by atoms with E-state index in [2.05, 4.69) is 25.4 Å². The maximum atomic E-state index is 5.39. The minimum Gasteiger partial charge on any atom is -0.403 e. The standard InChI is InChI=1S/C18H34N2/c1-4-7-9-11-13-17(14-12-10-8-5-2)18(6-3)20-16-15-19/h6,15-17H,3-5,7-14,19H2,1-2H3/b16-15-,20-18?. The van der Waals surface area contributed by atoms with Crippen LogP contribution < -0.4 is 5.73 Å². The number of nitrogens with zero attached hydrogens (tertiary/aromatic N) is 1. The zero-order valence-electron chi connectivity index (χ0n) is 13.6. The molecule has 0 amide bonds. The fourth-order valence-electron chi connectivity index (χ4n) is 2.53. The summed E-state index contributed by atoms with van der Waals surface area (Å²) in [5.41, 5.74) is 6.50. The van der Waals surface area contributed by atoms with E-state index in [0.29, 0.717) is 5.92 Å². The SMILES string of the molecule is C=CC(=N/C=C\N)C(CCCCCC)CCCCCC. The number of aliphatic imine (C=N–C) groups is 1. The van der Waals surface area contributed by atoms with Gasteiger partial charge in [0.1, 0.15) is 0 Å². The zero-order chi connectivity index (χ0) is 15.1. The van der Waals surface area contributed by atoms with Crippen molar-refractivity contribution < 1.29 is 0 Å². The molecule has 0 aliphatic rings. The molecule has 2 nitrogen and oxygen atoms in total. The number of rotatable bonds is 13. The summed E-state index contributed by atoms with van der Waals surface area (Å²) in [6.07, 6.45) is 18.1. The molecule has 0 aromatic carbocycles. The molecule has 0 heterocycles. The Morgan fingerprint density at radius 2 is 1.55 bits per heavy atom. The number of allylic oxidation sites excluding steroid dienone is 1. The fraction of sp³-hybridized carbons (Fsp3) is 0.722. The van der Waals surface area contributed by atoms with E-state index < -0.39 is 0 Å². The molecule has 2 heteroatoms. The maximum absolute atomic E-state index is 5.39. The van der Waals surface area contributed by atoms with Crippen LogP contribution in [0.4, 0.5) is 0 Å². The normalized spacial score (nSPS) is 12.4. The van der Waals surface area contributed by atoms with Gasteiger partial charge in [0, 0.05) is 24.0 Å². The van der Waals surface area contributed by atoms with E-state index in [-0.39, 0.29) is 0 Å². The highest BCUT2D eigenvalue weighted by atomic mass is 14.7. The molecule has 20 heavy (non-hydrogen) atoms. The van der Waals surface area contributed by atoms with Crippen molar-refractivity contribution in [2.24, 2.45) is 16.6 Å². The van der Waals surface area contributed by atoms with E-state index in [1.807, 2.05) is 6.08 Å². The smallest absolute Gasteiger partial charge is 0.0429 e. The van der Waals surface area contributed by atoms with E-state index in [0.717, 1.165) is 5.71 Å². The molecule has 0 aliphatic heterocycles. The van der Waals surface area contributed by atoms with Crippen LogP contribution in [0, 0.1) is 5.92 Å². The molecule has 0 aromatic heterocycles. The van der Waals surface area contributed by atoms with E-state index in [9.17, 15) is 0 Å². The van der Waals surface area contributed by atoms with E-state index in [1.165, 1.54) is 70.4 Å². The molecular weight excluding hydrogens is 244 g/mol. The first-order chi connectivity index (χ1) is 9.79. The summed E-state index contributed by atoms with van der Waals surface area (Å²) in [6.45, 7) is 8.43. The molecule has 0 unspecified atom stereocenters. The Balaban J connectivity index is 4.37. The molecule has 2 N–H and O–H groups in total. The molecule has 0 atom stereocenters. The third-order valence-corrected chi connectivity index (χ3v) is 3.75. The summed E-state index contributed by atoms with van der Waals surface area (Å²) in [5.74, 6) is 0.553. The second-order valence-corrected chi connectivity index (χ2v) is 5.50. The van der Waals surface area contributed by atoms with Crippen LogP contribution in [0.1, 0.15) is 78.1 Å². The minimum absolute atomic E-state index is 0.553. The second kappa shape index (κ2) is 14.4. The average Bonchev–Trinajstić information content (AvgIpc) is 2.47. The van der Waals surface area contributed by atoms with Crippen molar-refractivity contribution in [2.75, 3.05) is 0 Å². The van der Waals surface area contributed by atoms with Crippen LogP contribution in [0.5, 0.6) is 0 Å². The third-order valence-electron chi connectivity index (χ3n) is 3.75. The van der Waals surface area contributed by atoms with Crippen LogP contribution in [-0.4, -0.2) is 5.71 Å². The van der Waals surface area contributed by atoms with Gasteiger partial charge in [0.05, 0.1) is 0 Å². The molecule has 0 saturated carbocycles. The van der Waals surface area contributed by atoms with Crippen LogP contribution >= 0.6 is 0 Å². The lowest BCUT2D eigenvalue weighted by atomic mass is 9.90. The van der Waals surface area contributed by atoms with Gasteiger partial charge >= 0.3 is 0 Å². The molecule has 116 valence electrons. The van der Waals surface area contributed by atoms with Crippen LogP contribution in [0.25, 0.3) is 0 Å². The van der Waals surface area contributed by atoms with Gasteiger partial charge in [-0.25, -0.2) is 0 Å². The van der Waals surface area contributed by atoms with Crippen molar-refractivity contribution in [2.45, 2.75) is 78.1 Å². The van der Waals surface area contributed by atoms with Crippen LogP contribution in [0.2, 0.25) is 0 Å². The van der Waals surface area contributed by atoms with Gasteiger partial charge in [-0.15, -0.1) is 0 Å². The van der Waals surface area contributed by atoms with E-state index in [4.69, 9.17) is 5.73 Å². The van der Waals surface area contributed by atoms with Crippen molar-refractivity contribution in [3.63, 3.8) is 0 Å². The largest absolute Gasteiger partial charge is 0.403 e. The van der Waals surface area contributed by atoms with Gasteiger partial charge in [0.15, 0.2) is 0 Å². The van der Waals surface area contributed by atoms with Gasteiger partial charge in [0.25, 0.3) is 0 Å². The van der Waals surface area contributed by atoms with Crippen molar-refractivity contribution >= 4 is 5.71 Å². The summed E-state index contributed by atoms with van der Waals surface area (Å²) in [4.78, 5) is 4.45. The summed E-state index contributed by atoms with van der Waals surface area (Å²) in [7, 11) is 0. The van der Waals surface area contributed by atoms with E-state index >= 15 is 0 Å². The first-order valence-electron chi connectivity index (χ1n) is 8.36. The Labute approximate surface area is 126 Å². The maximum Gasteiger partial charge on any atom is 0.0429 e. The summed E-state index contributed by atoms with van der Waals surface area (Å²) in [5, 5.41) is 0. The number of hydrogen-bond acceptors (Lipinski definition) is 2. The highest BCUT2D eigenvalue weighted by Gasteiger charge is 2.12. The van der Waals surface area contributed by atoms with Gasteiger partial charge in [-0.05, 0) is 18.9 Å². The summed E-state index contributed by atoms with van der Waals surface area (Å²) in [6, 6.07) is 0.